The summed E-state index contributed by atoms with van der Waals surface area (Å²) in [5.41, 5.74) is 19.8. The van der Waals surface area contributed by atoms with E-state index in [1.807, 2.05) is 0 Å². The first-order valence-electron chi connectivity index (χ1n) is 29.8. The number of hydrogen-bond donors (Lipinski definition) is 0. The summed E-state index contributed by atoms with van der Waals surface area (Å²) < 4.78 is 2.66. The highest BCUT2D eigenvalue weighted by molar-refractivity contribution is 6.15. The van der Waals surface area contributed by atoms with Gasteiger partial charge in [0, 0.05) is 79.6 Å². The quantitative estimate of drug-likeness (QED) is 0.0593. The normalized spacial score (nSPS) is 11.3. The third-order valence-corrected chi connectivity index (χ3v) is 16.1. The molecule has 0 radical (unpaired) electrons. The maximum absolute atomic E-state index is 2.66. The maximum atomic E-state index is 2.66. The molecular formula is C78H72N4. The Labute approximate surface area is 485 Å². The third kappa shape index (κ3) is 11.9. The summed E-state index contributed by atoms with van der Waals surface area (Å²) in [5.74, 6) is 0. The van der Waals surface area contributed by atoms with Crippen LogP contribution in [0.3, 0.4) is 0 Å². The molecule has 0 amide bonds. The lowest BCUT2D eigenvalue weighted by Crippen LogP contribution is -2.09. The highest BCUT2D eigenvalue weighted by Crippen LogP contribution is 2.44. The van der Waals surface area contributed by atoms with Gasteiger partial charge in [0.15, 0.2) is 0 Å². The molecule has 0 spiro atoms. The van der Waals surface area contributed by atoms with Crippen LogP contribution in [0.2, 0.25) is 0 Å². The van der Waals surface area contributed by atoms with E-state index >= 15 is 0 Å². The average Bonchev–Trinajstić information content (AvgIpc) is 3.99. The van der Waals surface area contributed by atoms with Crippen molar-refractivity contribution in [2.45, 2.75) is 77.7 Å². The first-order valence-corrected chi connectivity index (χ1v) is 29.8. The van der Waals surface area contributed by atoms with Gasteiger partial charge in [-0.2, -0.15) is 0 Å². The summed E-state index contributed by atoms with van der Waals surface area (Å²) in [6.07, 6.45) is 13.0. The largest absolute Gasteiger partial charge is 0.340 e. The zero-order valence-corrected chi connectivity index (χ0v) is 47.2. The van der Waals surface area contributed by atoms with Crippen LogP contribution in [0, 0.1) is 0 Å². The number of rotatable bonds is 23. The number of unbranched alkanes of at least 4 members (excludes halogenated alkanes) is 9. The van der Waals surface area contributed by atoms with Crippen LogP contribution in [0.5, 0.6) is 0 Å². The molecule has 1 heterocycles. The van der Waals surface area contributed by atoms with E-state index in [1.165, 1.54) is 113 Å². The Balaban J connectivity index is 0.983. The van der Waals surface area contributed by atoms with Crippen LogP contribution in [-0.2, 0) is 6.54 Å². The number of nitrogens with zero attached hydrogens (tertiary/aromatic N) is 4. The Hall–Kier alpha value is -9.38. The molecule has 0 aliphatic carbocycles. The smallest absolute Gasteiger partial charge is 0.0571 e. The van der Waals surface area contributed by atoms with Gasteiger partial charge in [-0.15, -0.1) is 0 Å². The zero-order chi connectivity index (χ0) is 55.3. The molecule has 0 N–H and O–H groups in total. The monoisotopic (exact) mass is 1060 g/mol. The first kappa shape index (κ1) is 53.3. The minimum Gasteiger partial charge on any atom is -0.340 e. The van der Waals surface area contributed by atoms with Crippen LogP contribution < -0.4 is 14.7 Å². The van der Waals surface area contributed by atoms with Crippen LogP contribution in [0.15, 0.2) is 285 Å². The van der Waals surface area contributed by atoms with E-state index in [9.17, 15) is 0 Å². The molecule has 0 fully saturated rings. The third-order valence-electron chi connectivity index (χ3n) is 16.1. The van der Waals surface area contributed by atoms with E-state index in [0.717, 1.165) is 64.2 Å². The molecule has 0 aliphatic rings. The maximum Gasteiger partial charge on any atom is 0.0571 e. The summed E-state index contributed by atoms with van der Waals surface area (Å²) in [6, 6.07) is 104. The second-order valence-electron chi connectivity index (χ2n) is 21.6. The molecule has 1 aromatic heterocycles. The summed E-state index contributed by atoms with van der Waals surface area (Å²) in [5, 5.41) is 2.54. The second-order valence-corrected chi connectivity index (χ2v) is 21.6. The Morgan fingerprint density at radius 3 is 0.939 bits per heavy atom. The van der Waals surface area contributed by atoms with E-state index in [4.69, 9.17) is 0 Å². The number of benzene rings is 11. The predicted octanol–water partition coefficient (Wildman–Crippen LogP) is 23.1. The molecule has 11 aromatic carbocycles. The Morgan fingerprint density at radius 1 is 0.256 bits per heavy atom. The van der Waals surface area contributed by atoms with Crippen LogP contribution in [0.4, 0.5) is 51.2 Å². The SMILES string of the molecule is CCCCCCCCCCCCn1c2ccc(-c3ccc(N(c4ccccc4)c4ccccc4)cc3)cc2c2cc(-c3ccc(N(c4ccccc4)c4ccccc4)cc3)cc(-c3ccc(N(c4ccccc4)c4ccccc4)cc3)c21. The minimum atomic E-state index is 0.947. The molecule has 0 bridgehead atoms. The van der Waals surface area contributed by atoms with Crippen molar-refractivity contribution >= 4 is 73.0 Å². The standard InChI is InChI=1S/C78H72N4/c1-2-3-4-5-6-7-8-9-10-29-56-79-77-55-48-63(60-42-49-71(50-43-60)80(65-30-17-11-18-31-65)66-32-19-12-20-33-66)57-75(77)76-59-64(61-44-51-72(52-45-61)81(67-34-21-13-22-35-67)68-36-23-14-24-37-68)58-74(78(76)79)62-46-53-73(54-47-62)82(69-38-25-15-26-39-69)70-40-27-16-28-41-70/h11-28,30-55,57-59H,2-10,29,56H2,1H3. The van der Waals surface area contributed by atoms with Gasteiger partial charge in [-0.25, -0.2) is 0 Å². The fraction of sp³-hybridized carbons (Fsp3) is 0.154. The molecule has 0 saturated carbocycles. The van der Waals surface area contributed by atoms with Crippen molar-refractivity contribution in [3.05, 3.63) is 285 Å². The fourth-order valence-electron chi connectivity index (χ4n) is 12.0. The van der Waals surface area contributed by atoms with Crippen LogP contribution in [0.25, 0.3) is 55.2 Å². The van der Waals surface area contributed by atoms with Crippen molar-refractivity contribution in [3.8, 4) is 33.4 Å². The molecule has 82 heavy (non-hydrogen) atoms. The zero-order valence-electron chi connectivity index (χ0n) is 47.2. The molecule has 12 rings (SSSR count). The average molecular weight is 1070 g/mol. The molecule has 4 heteroatoms. The van der Waals surface area contributed by atoms with Crippen molar-refractivity contribution in [2.24, 2.45) is 0 Å². The van der Waals surface area contributed by atoms with Crippen molar-refractivity contribution in [2.75, 3.05) is 14.7 Å². The lowest BCUT2D eigenvalue weighted by molar-refractivity contribution is 0.541. The molecule has 12 aromatic rings. The summed E-state index contributed by atoms with van der Waals surface area (Å²) in [6.45, 7) is 3.25. The Morgan fingerprint density at radius 2 is 0.561 bits per heavy atom. The topological polar surface area (TPSA) is 14.7 Å². The Bertz CT molecular complexity index is 3800. The number of anilines is 9. The van der Waals surface area contributed by atoms with Crippen molar-refractivity contribution in [1.29, 1.82) is 0 Å². The number of hydrogen-bond acceptors (Lipinski definition) is 3. The van der Waals surface area contributed by atoms with Gasteiger partial charge in [0.25, 0.3) is 0 Å². The van der Waals surface area contributed by atoms with Crippen molar-refractivity contribution in [3.63, 3.8) is 0 Å². The van der Waals surface area contributed by atoms with Crippen LogP contribution in [0.1, 0.15) is 71.1 Å². The molecule has 0 saturated heterocycles. The molecule has 0 aliphatic heterocycles. The van der Waals surface area contributed by atoms with Gasteiger partial charge in [-0.05, 0) is 168 Å². The molecule has 4 nitrogen and oxygen atoms in total. The van der Waals surface area contributed by atoms with Gasteiger partial charge in [0.05, 0.1) is 5.52 Å². The first-order chi connectivity index (χ1) is 40.7. The molecule has 0 atom stereocenters. The second kappa shape index (κ2) is 25.8. The van der Waals surface area contributed by atoms with E-state index in [-0.39, 0.29) is 0 Å². The van der Waals surface area contributed by atoms with E-state index in [0.29, 0.717) is 0 Å². The van der Waals surface area contributed by atoms with Gasteiger partial charge >= 0.3 is 0 Å². The van der Waals surface area contributed by atoms with Gasteiger partial charge < -0.3 is 19.3 Å². The highest BCUT2D eigenvalue weighted by atomic mass is 15.2. The Kier molecular flexibility index (Phi) is 16.8. The highest BCUT2D eigenvalue weighted by Gasteiger charge is 2.21. The number of fused-ring (bicyclic) bond motifs is 3. The van der Waals surface area contributed by atoms with Crippen molar-refractivity contribution < 1.29 is 0 Å². The number of para-hydroxylation sites is 6. The number of aryl methyl sites for hydroxylation is 1. The fourth-order valence-corrected chi connectivity index (χ4v) is 12.0. The summed E-state index contributed by atoms with van der Waals surface area (Å²) in [4.78, 5) is 7.02. The molecule has 0 unspecified atom stereocenters. The van der Waals surface area contributed by atoms with Gasteiger partial charge in [-0.1, -0.05) is 216 Å². The van der Waals surface area contributed by atoms with E-state index < -0.39 is 0 Å². The minimum absolute atomic E-state index is 0.947. The van der Waals surface area contributed by atoms with E-state index in [2.05, 4.69) is 311 Å². The van der Waals surface area contributed by atoms with E-state index in [1.54, 1.807) is 0 Å². The van der Waals surface area contributed by atoms with Gasteiger partial charge in [0.1, 0.15) is 0 Å². The molecular weight excluding hydrogens is 993 g/mol. The predicted molar refractivity (Wildman–Crippen MR) is 352 cm³/mol. The van der Waals surface area contributed by atoms with Crippen molar-refractivity contribution in [1.82, 2.24) is 4.57 Å². The lowest BCUT2D eigenvalue weighted by Gasteiger charge is -2.26. The van der Waals surface area contributed by atoms with Crippen LogP contribution in [-0.4, -0.2) is 4.57 Å². The van der Waals surface area contributed by atoms with Crippen LogP contribution >= 0.6 is 0 Å². The lowest BCUT2D eigenvalue weighted by atomic mass is 9.94. The summed E-state index contributed by atoms with van der Waals surface area (Å²) in [7, 11) is 0. The summed E-state index contributed by atoms with van der Waals surface area (Å²) >= 11 is 0. The van der Waals surface area contributed by atoms with Gasteiger partial charge in [-0.3, -0.25) is 0 Å². The van der Waals surface area contributed by atoms with Gasteiger partial charge in [0.2, 0.25) is 0 Å². The molecule has 404 valence electrons. The number of aromatic nitrogens is 1.